The normalized spacial score (nSPS) is 10.6. The zero-order chi connectivity index (χ0) is 18.4. The van der Waals surface area contributed by atoms with Crippen molar-refractivity contribution in [2.75, 3.05) is 17.7 Å². The monoisotopic (exact) mass is 359 g/mol. The fraction of sp³-hybridized carbons (Fsp3) is 0.350. The standard InChI is InChI=1S/C20H25NO3S/c1-5-21(20(23)25-4)18-8-6-7-16(12-22)17(18)13-24-19-10-9-14(2)11-15(19)3/h6-11,22H,5,12-13H2,1-4H3. The van der Waals surface area contributed by atoms with Gasteiger partial charge in [-0.15, -0.1) is 0 Å². The lowest BCUT2D eigenvalue weighted by Crippen LogP contribution is -2.28. The Morgan fingerprint density at radius 3 is 2.60 bits per heavy atom. The number of hydrogen-bond donors (Lipinski definition) is 1. The molecule has 5 heteroatoms. The van der Waals surface area contributed by atoms with Crippen LogP contribution < -0.4 is 9.64 Å². The third kappa shape index (κ3) is 4.55. The third-order valence-corrected chi connectivity index (χ3v) is 4.69. The van der Waals surface area contributed by atoms with Gasteiger partial charge < -0.3 is 14.7 Å². The van der Waals surface area contributed by atoms with Gasteiger partial charge >= 0.3 is 0 Å². The van der Waals surface area contributed by atoms with E-state index in [2.05, 4.69) is 6.07 Å². The van der Waals surface area contributed by atoms with Crippen molar-refractivity contribution >= 4 is 22.7 Å². The Balaban J connectivity index is 2.36. The number of benzene rings is 2. The average molecular weight is 359 g/mol. The van der Waals surface area contributed by atoms with Gasteiger partial charge in [0.1, 0.15) is 12.4 Å². The van der Waals surface area contributed by atoms with Crippen molar-refractivity contribution < 1.29 is 14.6 Å². The molecule has 0 saturated heterocycles. The average Bonchev–Trinajstić information content (AvgIpc) is 2.61. The van der Waals surface area contributed by atoms with Crippen LogP contribution >= 0.6 is 11.8 Å². The predicted octanol–water partition coefficient (Wildman–Crippen LogP) is 4.68. The summed E-state index contributed by atoms with van der Waals surface area (Å²) in [6.45, 7) is 6.76. The van der Waals surface area contributed by atoms with Crippen LogP contribution in [0.3, 0.4) is 0 Å². The van der Waals surface area contributed by atoms with E-state index in [0.29, 0.717) is 13.2 Å². The number of aryl methyl sites for hydroxylation is 2. The number of rotatable bonds is 6. The molecule has 0 atom stereocenters. The zero-order valence-electron chi connectivity index (χ0n) is 15.2. The number of aliphatic hydroxyl groups excluding tert-OH is 1. The molecule has 1 N–H and O–H groups in total. The van der Waals surface area contributed by atoms with Crippen LogP contribution in [-0.4, -0.2) is 23.1 Å². The van der Waals surface area contributed by atoms with Crippen molar-refractivity contribution in [3.8, 4) is 5.75 Å². The molecule has 0 aliphatic heterocycles. The molecule has 4 nitrogen and oxygen atoms in total. The highest BCUT2D eigenvalue weighted by Gasteiger charge is 2.19. The fourth-order valence-corrected chi connectivity index (χ4v) is 3.26. The summed E-state index contributed by atoms with van der Waals surface area (Å²) in [4.78, 5) is 14.0. The van der Waals surface area contributed by atoms with Gasteiger partial charge in [0, 0.05) is 12.1 Å². The van der Waals surface area contributed by atoms with Crippen LogP contribution in [0, 0.1) is 13.8 Å². The third-order valence-electron chi connectivity index (χ3n) is 4.12. The lowest BCUT2D eigenvalue weighted by Gasteiger charge is -2.24. The highest BCUT2D eigenvalue weighted by molar-refractivity contribution is 8.13. The van der Waals surface area contributed by atoms with Gasteiger partial charge in [-0.2, -0.15) is 0 Å². The van der Waals surface area contributed by atoms with E-state index in [0.717, 1.165) is 28.1 Å². The second kappa shape index (κ2) is 8.92. The maximum absolute atomic E-state index is 12.2. The number of carbonyl (C=O) groups excluding carboxylic acids is 1. The largest absolute Gasteiger partial charge is 0.489 e. The first-order chi connectivity index (χ1) is 12.0. The smallest absolute Gasteiger partial charge is 0.285 e. The Morgan fingerprint density at radius 2 is 2.00 bits per heavy atom. The first-order valence-corrected chi connectivity index (χ1v) is 9.51. The number of aliphatic hydroxyl groups is 1. The molecule has 0 aromatic heterocycles. The first-order valence-electron chi connectivity index (χ1n) is 8.29. The summed E-state index contributed by atoms with van der Waals surface area (Å²) in [6, 6.07) is 11.7. The Kier molecular flexibility index (Phi) is 6.91. The van der Waals surface area contributed by atoms with E-state index in [1.54, 1.807) is 11.2 Å². The molecule has 0 saturated carbocycles. The highest BCUT2D eigenvalue weighted by Crippen LogP contribution is 2.29. The number of carbonyl (C=O) groups is 1. The molecular formula is C20H25NO3S. The molecular weight excluding hydrogens is 334 g/mol. The fourth-order valence-electron chi connectivity index (χ4n) is 2.81. The number of thioether (sulfide) groups is 1. The Morgan fingerprint density at radius 1 is 1.24 bits per heavy atom. The molecule has 1 amide bonds. The molecule has 0 fully saturated rings. The van der Waals surface area contributed by atoms with Crippen molar-refractivity contribution in [3.63, 3.8) is 0 Å². The maximum atomic E-state index is 12.2. The SMILES string of the molecule is CCN(C(=O)SC)c1cccc(CO)c1COc1ccc(C)cc1C. The number of nitrogens with zero attached hydrogens (tertiary/aromatic N) is 1. The number of anilines is 1. The Labute approximate surface area is 153 Å². The van der Waals surface area contributed by atoms with E-state index in [1.165, 1.54) is 17.3 Å². The van der Waals surface area contributed by atoms with Crippen LogP contribution in [0.2, 0.25) is 0 Å². The van der Waals surface area contributed by atoms with Gasteiger partial charge in [0.2, 0.25) is 0 Å². The predicted molar refractivity (Wildman–Crippen MR) is 105 cm³/mol. The zero-order valence-corrected chi connectivity index (χ0v) is 16.0. The van der Waals surface area contributed by atoms with Crippen LogP contribution in [0.4, 0.5) is 10.5 Å². The molecule has 25 heavy (non-hydrogen) atoms. The topological polar surface area (TPSA) is 49.8 Å². The summed E-state index contributed by atoms with van der Waals surface area (Å²) in [5, 5.41) is 9.69. The number of hydrogen-bond acceptors (Lipinski definition) is 4. The van der Waals surface area contributed by atoms with Crippen LogP contribution in [0.25, 0.3) is 0 Å². The van der Waals surface area contributed by atoms with Gasteiger partial charge in [0.05, 0.1) is 12.3 Å². The van der Waals surface area contributed by atoms with Crippen LogP contribution in [-0.2, 0) is 13.2 Å². The Bertz CT molecular complexity index is 746. The molecule has 0 bridgehead atoms. The molecule has 2 rings (SSSR count). The van der Waals surface area contributed by atoms with Crippen molar-refractivity contribution in [3.05, 3.63) is 58.7 Å². The van der Waals surface area contributed by atoms with E-state index in [-0.39, 0.29) is 11.8 Å². The van der Waals surface area contributed by atoms with E-state index < -0.39 is 0 Å². The molecule has 0 spiro atoms. The minimum absolute atomic E-state index is 0.0228. The maximum Gasteiger partial charge on any atom is 0.285 e. The van der Waals surface area contributed by atoms with Crippen molar-refractivity contribution in [2.45, 2.75) is 34.0 Å². The molecule has 0 unspecified atom stereocenters. The Hall–Kier alpha value is -1.98. The number of amides is 1. The van der Waals surface area contributed by atoms with E-state index in [4.69, 9.17) is 4.74 Å². The van der Waals surface area contributed by atoms with Gasteiger partial charge in [-0.25, -0.2) is 0 Å². The van der Waals surface area contributed by atoms with Crippen molar-refractivity contribution in [1.29, 1.82) is 0 Å². The van der Waals surface area contributed by atoms with E-state index in [1.807, 2.05) is 51.1 Å². The van der Waals surface area contributed by atoms with Gasteiger partial charge in [0.25, 0.3) is 5.24 Å². The molecule has 2 aromatic carbocycles. The molecule has 2 aromatic rings. The molecule has 0 aliphatic carbocycles. The minimum Gasteiger partial charge on any atom is -0.489 e. The second-order valence-corrected chi connectivity index (χ2v) is 6.60. The summed E-state index contributed by atoms with van der Waals surface area (Å²) in [7, 11) is 0. The van der Waals surface area contributed by atoms with Crippen LogP contribution in [0.5, 0.6) is 5.75 Å². The summed E-state index contributed by atoms with van der Waals surface area (Å²) < 4.78 is 6.01. The lowest BCUT2D eigenvalue weighted by atomic mass is 10.1. The molecule has 0 aliphatic rings. The minimum atomic E-state index is -0.0928. The van der Waals surface area contributed by atoms with Crippen LogP contribution in [0.15, 0.2) is 36.4 Å². The summed E-state index contributed by atoms with van der Waals surface area (Å²) in [6.07, 6.45) is 1.77. The first kappa shape index (κ1) is 19.3. The highest BCUT2D eigenvalue weighted by atomic mass is 32.2. The van der Waals surface area contributed by atoms with Crippen molar-refractivity contribution in [1.82, 2.24) is 0 Å². The lowest BCUT2D eigenvalue weighted by molar-refractivity contribution is 0.263. The number of ether oxygens (including phenoxy) is 1. The van der Waals surface area contributed by atoms with Crippen molar-refractivity contribution in [2.24, 2.45) is 0 Å². The van der Waals surface area contributed by atoms with Gasteiger partial charge in [0.15, 0.2) is 0 Å². The quantitative estimate of drug-likeness (QED) is 0.813. The van der Waals surface area contributed by atoms with Crippen LogP contribution in [0.1, 0.15) is 29.2 Å². The van der Waals surface area contributed by atoms with Gasteiger partial charge in [-0.3, -0.25) is 4.79 Å². The van der Waals surface area contributed by atoms with E-state index in [9.17, 15) is 9.90 Å². The second-order valence-electron chi connectivity index (χ2n) is 5.84. The van der Waals surface area contributed by atoms with Gasteiger partial charge in [-0.05, 0) is 50.3 Å². The molecule has 134 valence electrons. The van der Waals surface area contributed by atoms with E-state index >= 15 is 0 Å². The summed E-state index contributed by atoms with van der Waals surface area (Å²) in [5.41, 5.74) is 4.65. The molecule has 0 radical (unpaired) electrons. The summed E-state index contributed by atoms with van der Waals surface area (Å²) >= 11 is 1.18. The summed E-state index contributed by atoms with van der Waals surface area (Å²) in [5.74, 6) is 0.809. The molecule has 0 heterocycles. The van der Waals surface area contributed by atoms with Gasteiger partial charge in [-0.1, -0.05) is 41.6 Å².